The number of phenols is 1. The quantitative estimate of drug-likeness (QED) is 0.865. The minimum absolute atomic E-state index is 0.316. The third-order valence-electron chi connectivity index (χ3n) is 2.79. The van der Waals surface area contributed by atoms with Gasteiger partial charge in [0.15, 0.2) is 0 Å². The highest BCUT2D eigenvalue weighted by atomic mass is 16.5. The van der Waals surface area contributed by atoms with Crippen LogP contribution in [0.15, 0.2) is 42.5 Å². The molecule has 0 atom stereocenters. The predicted molar refractivity (Wildman–Crippen MR) is 73.2 cm³/mol. The molecule has 0 fully saturated rings. The van der Waals surface area contributed by atoms with E-state index >= 15 is 0 Å². The molecule has 0 aliphatic rings. The zero-order valence-electron chi connectivity index (χ0n) is 10.6. The molecule has 0 aliphatic heterocycles. The summed E-state index contributed by atoms with van der Waals surface area (Å²) in [6.07, 6.45) is 0. The first-order valence-corrected chi connectivity index (χ1v) is 5.85. The highest BCUT2D eigenvalue weighted by molar-refractivity contribution is 5.49. The van der Waals surface area contributed by atoms with Crippen LogP contribution in [0.3, 0.4) is 0 Å². The lowest BCUT2D eigenvalue weighted by atomic mass is 10.1. The van der Waals surface area contributed by atoms with Crippen LogP contribution in [0.2, 0.25) is 0 Å². The van der Waals surface area contributed by atoms with Gasteiger partial charge in [0.1, 0.15) is 11.5 Å². The summed E-state index contributed by atoms with van der Waals surface area (Å²) in [5, 5.41) is 13.0. The van der Waals surface area contributed by atoms with Gasteiger partial charge in [-0.1, -0.05) is 23.8 Å². The fourth-order valence-corrected chi connectivity index (χ4v) is 1.79. The van der Waals surface area contributed by atoms with E-state index in [1.54, 1.807) is 13.2 Å². The fourth-order valence-electron chi connectivity index (χ4n) is 1.79. The lowest BCUT2D eigenvalue weighted by Gasteiger charge is -2.10. The van der Waals surface area contributed by atoms with Crippen LogP contribution in [0, 0.1) is 6.92 Å². The molecule has 3 nitrogen and oxygen atoms in total. The number of benzene rings is 2. The molecule has 0 amide bonds. The minimum atomic E-state index is 0.316. The van der Waals surface area contributed by atoms with Gasteiger partial charge in [-0.05, 0) is 25.1 Å². The number of anilines is 1. The van der Waals surface area contributed by atoms with Gasteiger partial charge in [-0.2, -0.15) is 0 Å². The Morgan fingerprint density at radius 1 is 1.17 bits per heavy atom. The van der Waals surface area contributed by atoms with E-state index in [-0.39, 0.29) is 0 Å². The summed E-state index contributed by atoms with van der Waals surface area (Å²) in [5.74, 6) is 1.13. The molecule has 94 valence electrons. The van der Waals surface area contributed by atoms with Crippen LogP contribution in [0.1, 0.15) is 11.1 Å². The summed E-state index contributed by atoms with van der Waals surface area (Å²) in [7, 11) is 1.64. The minimum Gasteiger partial charge on any atom is -0.508 e. The summed E-state index contributed by atoms with van der Waals surface area (Å²) in [6.45, 7) is 2.59. The second kappa shape index (κ2) is 5.45. The van der Waals surface area contributed by atoms with Crippen LogP contribution in [-0.4, -0.2) is 12.2 Å². The van der Waals surface area contributed by atoms with Crippen molar-refractivity contribution in [1.82, 2.24) is 0 Å². The standard InChI is InChI=1S/C15H17NO2/c1-11-6-7-15(17)12(8-11)10-16-13-4-3-5-14(9-13)18-2/h3-9,16-17H,10H2,1-2H3. The van der Waals surface area contributed by atoms with E-state index in [9.17, 15) is 5.11 Å². The molecule has 3 heteroatoms. The van der Waals surface area contributed by atoms with E-state index in [1.165, 1.54) is 0 Å². The molecule has 2 N–H and O–H groups in total. The zero-order valence-corrected chi connectivity index (χ0v) is 10.6. The van der Waals surface area contributed by atoms with Gasteiger partial charge in [0, 0.05) is 23.9 Å². The van der Waals surface area contributed by atoms with Crippen molar-refractivity contribution in [3.63, 3.8) is 0 Å². The van der Waals surface area contributed by atoms with E-state index in [1.807, 2.05) is 43.3 Å². The third kappa shape index (κ3) is 2.94. The molecule has 18 heavy (non-hydrogen) atoms. The Bertz CT molecular complexity index is 538. The van der Waals surface area contributed by atoms with Crippen molar-refractivity contribution in [2.45, 2.75) is 13.5 Å². The Morgan fingerprint density at radius 2 is 2.00 bits per heavy atom. The summed E-state index contributed by atoms with van der Waals surface area (Å²) in [5.41, 5.74) is 2.99. The molecular formula is C15H17NO2. The van der Waals surface area contributed by atoms with E-state index in [0.717, 1.165) is 22.6 Å². The summed E-state index contributed by atoms with van der Waals surface area (Å²) in [4.78, 5) is 0. The van der Waals surface area contributed by atoms with Crippen LogP contribution < -0.4 is 10.1 Å². The molecule has 0 unspecified atom stereocenters. The van der Waals surface area contributed by atoms with E-state index in [4.69, 9.17) is 4.74 Å². The molecule has 2 aromatic carbocycles. The monoisotopic (exact) mass is 243 g/mol. The fraction of sp³-hybridized carbons (Fsp3) is 0.200. The Kier molecular flexibility index (Phi) is 3.72. The van der Waals surface area contributed by atoms with Crippen LogP contribution in [0.5, 0.6) is 11.5 Å². The van der Waals surface area contributed by atoms with Gasteiger partial charge in [-0.25, -0.2) is 0 Å². The number of aromatic hydroxyl groups is 1. The van der Waals surface area contributed by atoms with E-state index < -0.39 is 0 Å². The maximum atomic E-state index is 9.75. The number of hydrogen-bond donors (Lipinski definition) is 2. The highest BCUT2D eigenvalue weighted by Gasteiger charge is 2.01. The van der Waals surface area contributed by atoms with Gasteiger partial charge >= 0.3 is 0 Å². The van der Waals surface area contributed by atoms with Gasteiger partial charge in [-0.3, -0.25) is 0 Å². The number of aryl methyl sites for hydroxylation is 1. The number of methoxy groups -OCH3 is 1. The molecule has 0 saturated heterocycles. The summed E-state index contributed by atoms with van der Waals surface area (Å²) < 4.78 is 5.16. The second-order valence-electron chi connectivity index (χ2n) is 4.22. The normalized spacial score (nSPS) is 10.1. The molecular weight excluding hydrogens is 226 g/mol. The summed E-state index contributed by atoms with van der Waals surface area (Å²) in [6, 6.07) is 13.3. The number of nitrogens with one attached hydrogen (secondary N) is 1. The van der Waals surface area contributed by atoms with Crippen molar-refractivity contribution in [2.24, 2.45) is 0 Å². The number of hydrogen-bond acceptors (Lipinski definition) is 3. The van der Waals surface area contributed by atoms with Crippen molar-refractivity contribution in [3.8, 4) is 11.5 Å². The smallest absolute Gasteiger partial charge is 0.120 e. The van der Waals surface area contributed by atoms with Crippen molar-refractivity contribution in [1.29, 1.82) is 0 Å². The number of rotatable bonds is 4. The molecule has 0 aliphatic carbocycles. The van der Waals surface area contributed by atoms with Gasteiger partial charge in [0.2, 0.25) is 0 Å². The maximum Gasteiger partial charge on any atom is 0.120 e. The molecule has 0 aromatic heterocycles. The van der Waals surface area contributed by atoms with Crippen LogP contribution in [0.4, 0.5) is 5.69 Å². The average Bonchev–Trinajstić information content (AvgIpc) is 2.40. The largest absolute Gasteiger partial charge is 0.508 e. The molecule has 0 radical (unpaired) electrons. The molecule has 0 saturated carbocycles. The topological polar surface area (TPSA) is 41.5 Å². The van der Waals surface area contributed by atoms with Gasteiger partial charge in [-0.15, -0.1) is 0 Å². The number of phenolic OH excluding ortho intramolecular Hbond substituents is 1. The van der Waals surface area contributed by atoms with E-state index in [0.29, 0.717) is 12.3 Å². The first-order chi connectivity index (χ1) is 8.69. The molecule has 2 rings (SSSR count). The molecule has 0 bridgehead atoms. The van der Waals surface area contributed by atoms with E-state index in [2.05, 4.69) is 5.32 Å². The Labute approximate surface area is 107 Å². The number of ether oxygens (including phenoxy) is 1. The van der Waals surface area contributed by atoms with Crippen LogP contribution >= 0.6 is 0 Å². The van der Waals surface area contributed by atoms with Crippen LogP contribution in [0.25, 0.3) is 0 Å². The Balaban J connectivity index is 2.08. The predicted octanol–water partition coefficient (Wildman–Crippen LogP) is 3.32. The first-order valence-electron chi connectivity index (χ1n) is 5.85. The zero-order chi connectivity index (χ0) is 13.0. The lowest BCUT2D eigenvalue weighted by molar-refractivity contribution is 0.415. The van der Waals surface area contributed by atoms with Gasteiger partial charge < -0.3 is 15.2 Å². The van der Waals surface area contributed by atoms with Crippen molar-refractivity contribution in [3.05, 3.63) is 53.6 Å². The molecule has 2 aromatic rings. The Hall–Kier alpha value is -2.16. The average molecular weight is 243 g/mol. The SMILES string of the molecule is COc1cccc(NCc2cc(C)ccc2O)c1. The van der Waals surface area contributed by atoms with Crippen molar-refractivity contribution in [2.75, 3.05) is 12.4 Å². The first kappa shape index (κ1) is 12.3. The lowest BCUT2D eigenvalue weighted by Crippen LogP contribution is -2.00. The Morgan fingerprint density at radius 3 is 2.78 bits per heavy atom. The second-order valence-corrected chi connectivity index (χ2v) is 4.22. The highest BCUT2D eigenvalue weighted by Crippen LogP contribution is 2.21. The third-order valence-corrected chi connectivity index (χ3v) is 2.79. The maximum absolute atomic E-state index is 9.75. The van der Waals surface area contributed by atoms with Crippen molar-refractivity contribution >= 4 is 5.69 Å². The van der Waals surface area contributed by atoms with Gasteiger partial charge in [0.05, 0.1) is 7.11 Å². The van der Waals surface area contributed by atoms with Crippen LogP contribution in [-0.2, 0) is 6.54 Å². The summed E-state index contributed by atoms with van der Waals surface area (Å²) >= 11 is 0. The molecule has 0 spiro atoms. The molecule has 0 heterocycles. The van der Waals surface area contributed by atoms with Gasteiger partial charge in [0.25, 0.3) is 0 Å². The van der Waals surface area contributed by atoms with Crippen molar-refractivity contribution < 1.29 is 9.84 Å².